The fourth-order valence-electron chi connectivity index (χ4n) is 4.49. The molecule has 1 N–H and O–H groups in total. The maximum atomic E-state index is 13.2. The van der Waals surface area contributed by atoms with Crippen LogP contribution in [0.4, 0.5) is 0 Å². The molecule has 0 radical (unpaired) electrons. The molecule has 1 heterocycles. The molecule has 1 atom stereocenters. The van der Waals surface area contributed by atoms with Crippen LogP contribution >= 0.6 is 0 Å². The van der Waals surface area contributed by atoms with Gasteiger partial charge in [-0.1, -0.05) is 39.0 Å². The fourth-order valence-corrected chi connectivity index (χ4v) is 4.49. The average Bonchev–Trinajstić information content (AvgIpc) is 2.83. The summed E-state index contributed by atoms with van der Waals surface area (Å²) in [6, 6.07) is 6.17. The number of amides is 2. The molecule has 7 heteroatoms. The van der Waals surface area contributed by atoms with Crippen LogP contribution in [0.1, 0.15) is 87.9 Å². The van der Waals surface area contributed by atoms with Crippen LogP contribution in [0.3, 0.4) is 0 Å². The SMILES string of the molecule is CCCCCCCOc1ccc(C(=O)N2CCNC(=O)C2CC(=O)OC2CCCCC2)cc1. The summed E-state index contributed by atoms with van der Waals surface area (Å²) < 4.78 is 11.4. The molecule has 0 aromatic heterocycles. The second kappa shape index (κ2) is 13.2. The maximum absolute atomic E-state index is 13.2. The number of benzene rings is 1. The van der Waals surface area contributed by atoms with Crippen molar-refractivity contribution in [1.29, 1.82) is 0 Å². The Labute approximate surface area is 197 Å². The molecule has 1 aromatic carbocycles. The van der Waals surface area contributed by atoms with Gasteiger partial charge in [0.15, 0.2) is 0 Å². The number of carbonyl (C=O) groups is 3. The van der Waals surface area contributed by atoms with Crippen molar-refractivity contribution in [2.45, 2.75) is 89.7 Å². The molecule has 1 aliphatic carbocycles. The van der Waals surface area contributed by atoms with E-state index in [-0.39, 0.29) is 24.3 Å². The lowest BCUT2D eigenvalue weighted by Crippen LogP contribution is -2.58. The lowest BCUT2D eigenvalue weighted by molar-refractivity contribution is -0.153. The van der Waals surface area contributed by atoms with Gasteiger partial charge in [-0.2, -0.15) is 0 Å². The largest absolute Gasteiger partial charge is 0.494 e. The Balaban J connectivity index is 1.53. The molecular formula is C26H38N2O5. The van der Waals surface area contributed by atoms with E-state index in [4.69, 9.17) is 9.47 Å². The standard InChI is InChI=1S/C26H38N2O5/c1-2-3-4-5-9-18-32-21-14-12-20(13-15-21)26(31)28-17-16-27-25(30)23(28)19-24(29)33-22-10-7-6-8-11-22/h12-15,22-23H,2-11,16-19H2,1H3,(H,27,30). The van der Waals surface area contributed by atoms with Crippen molar-refractivity contribution in [2.24, 2.45) is 0 Å². The normalized spacial score (nSPS) is 19.1. The van der Waals surface area contributed by atoms with Crippen molar-refractivity contribution in [2.75, 3.05) is 19.7 Å². The van der Waals surface area contributed by atoms with E-state index in [1.165, 1.54) is 30.6 Å². The van der Waals surface area contributed by atoms with Gasteiger partial charge in [-0.15, -0.1) is 0 Å². The predicted octanol–water partition coefficient (Wildman–Crippen LogP) is 4.24. The summed E-state index contributed by atoms with van der Waals surface area (Å²) >= 11 is 0. The van der Waals surface area contributed by atoms with Crippen molar-refractivity contribution < 1.29 is 23.9 Å². The smallest absolute Gasteiger partial charge is 0.308 e. The monoisotopic (exact) mass is 458 g/mol. The zero-order valence-electron chi connectivity index (χ0n) is 19.9. The zero-order chi connectivity index (χ0) is 23.5. The molecule has 3 rings (SSSR count). The predicted molar refractivity (Wildman–Crippen MR) is 126 cm³/mol. The average molecular weight is 459 g/mol. The minimum atomic E-state index is -0.846. The van der Waals surface area contributed by atoms with E-state index in [1.807, 2.05) is 0 Å². The number of carbonyl (C=O) groups excluding carboxylic acids is 3. The number of ether oxygens (including phenoxy) is 2. The van der Waals surface area contributed by atoms with E-state index in [2.05, 4.69) is 12.2 Å². The third-order valence-electron chi connectivity index (χ3n) is 6.42. The second-order valence-electron chi connectivity index (χ2n) is 9.05. The highest BCUT2D eigenvalue weighted by Gasteiger charge is 2.36. The number of rotatable bonds is 11. The van der Waals surface area contributed by atoms with E-state index in [1.54, 1.807) is 24.3 Å². The van der Waals surface area contributed by atoms with Crippen molar-refractivity contribution in [3.63, 3.8) is 0 Å². The number of hydrogen-bond donors (Lipinski definition) is 1. The molecule has 33 heavy (non-hydrogen) atoms. The molecule has 0 spiro atoms. The van der Waals surface area contributed by atoms with Gasteiger partial charge in [0.25, 0.3) is 5.91 Å². The third-order valence-corrected chi connectivity index (χ3v) is 6.42. The van der Waals surface area contributed by atoms with E-state index < -0.39 is 12.0 Å². The summed E-state index contributed by atoms with van der Waals surface area (Å²) in [6.45, 7) is 3.59. The van der Waals surface area contributed by atoms with Gasteiger partial charge in [0.05, 0.1) is 13.0 Å². The molecule has 1 saturated carbocycles. The van der Waals surface area contributed by atoms with Gasteiger partial charge in [-0.05, 0) is 56.4 Å². The van der Waals surface area contributed by atoms with Crippen molar-refractivity contribution >= 4 is 17.8 Å². The van der Waals surface area contributed by atoms with Crippen LogP contribution in [-0.4, -0.2) is 54.5 Å². The van der Waals surface area contributed by atoms with Crippen molar-refractivity contribution in [1.82, 2.24) is 10.2 Å². The Morgan fingerprint density at radius 2 is 1.76 bits per heavy atom. The first kappa shape index (κ1) is 25.1. The minimum Gasteiger partial charge on any atom is -0.494 e. The van der Waals surface area contributed by atoms with Crippen LogP contribution in [0.15, 0.2) is 24.3 Å². The Hall–Kier alpha value is -2.57. The molecule has 0 bridgehead atoms. The quantitative estimate of drug-likeness (QED) is 0.396. The van der Waals surface area contributed by atoms with Crippen LogP contribution in [0.5, 0.6) is 5.75 Å². The van der Waals surface area contributed by atoms with Crippen LogP contribution in [0, 0.1) is 0 Å². The van der Waals surface area contributed by atoms with Gasteiger partial charge in [0.2, 0.25) is 5.91 Å². The van der Waals surface area contributed by atoms with E-state index >= 15 is 0 Å². The molecule has 7 nitrogen and oxygen atoms in total. The lowest BCUT2D eigenvalue weighted by atomic mass is 9.98. The Morgan fingerprint density at radius 3 is 2.48 bits per heavy atom. The molecule has 182 valence electrons. The Kier molecular flexibility index (Phi) is 10.0. The van der Waals surface area contributed by atoms with Crippen molar-refractivity contribution in [3.8, 4) is 5.75 Å². The van der Waals surface area contributed by atoms with Crippen LogP contribution < -0.4 is 10.1 Å². The molecular weight excluding hydrogens is 420 g/mol. The summed E-state index contributed by atoms with van der Waals surface area (Å²) in [5.41, 5.74) is 0.477. The summed E-state index contributed by atoms with van der Waals surface area (Å²) in [4.78, 5) is 39.6. The lowest BCUT2D eigenvalue weighted by Gasteiger charge is -2.35. The van der Waals surface area contributed by atoms with Gasteiger partial charge in [-0.25, -0.2) is 0 Å². The van der Waals surface area contributed by atoms with Crippen LogP contribution in [0.25, 0.3) is 0 Å². The first-order valence-corrected chi connectivity index (χ1v) is 12.6. The highest BCUT2D eigenvalue weighted by atomic mass is 16.5. The van der Waals surface area contributed by atoms with E-state index in [0.29, 0.717) is 25.3 Å². The summed E-state index contributed by atoms with van der Waals surface area (Å²) in [6.07, 6.45) is 10.7. The first-order valence-electron chi connectivity index (χ1n) is 12.6. The van der Waals surface area contributed by atoms with Gasteiger partial charge in [0.1, 0.15) is 17.9 Å². The number of piperazine rings is 1. The van der Waals surface area contributed by atoms with Gasteiger partial charge < -0.3 is 19.7 Å². The number of nitrogens with one attached hydrogen (secondary N) is 1. The summed E-state index contributed by atoms with van der Waals surface area (Å²) in [7, 11) is 0. The number of esters is 1. The van der Waals surface area contributed by atoms with Crippen molar-refractivity contribution in [3.05, 3.63) is 29.8 Å². The highest BCUT2D eigenvalue weighted by Crippen LogP contribution is 2.22. The second-order valence-corrected chi connectivity index (χ2v) is 9.05. The number of nitrogens with zero attached hydrogens (tertiary/aromatic N) is 1. The van der Waals surface area contributed by atoms with Crippen LogP contribution in [0.2, 0.25) is 0 Å². The molecule has 1 saturated heterocycles. The van der Waals surface area contributed by atoms with Gasteiger partial charge in [0, 0.05) is 18.7 Å². The Bertz CT molecular complexity index is 773. The molecule has 1 aliphatic heterocycles. The topological polar surface area (TPSA) is 84.9 Å². The first-order chi connectivity index (χ1) is 16.1. The van der Waals surface area contributed by atoms with Crippen LogP contribution in [-0.2, 0) is 14.3 Å². The maximum Gasteiger partial charge on any atom is 0.308 e. The summed E-state index contributed by atoms with van der Waals surface area (Å²) in [5, 5.41) is 2.77. The molecule has 1 aromatic rings. The van der Waals surface area contributed by atoms with Gasteiger partial charge >= 0.3 is 5.97 Å². The third kappa shape index (κ3) is 7.76. The zero-order valence-corrected chi connectivity index (χ0v) is 19.9. The van der Waals surface area contributed by atoms with E-state index in [9.17, 15) is 14.4 Å². The fraction of sp³-hybridized carbons (Fsp3) is 0.654. The molecule has 2 aliphatic rings. The highest BCUT2D eigenvalue weighted by molar-refractivity contribution is 5.99. The van der Waals surface area contributed by atoms with Gasteiger partial charge in [-0.3, -0.25) is 14.4 Å². The number of unbranched alkanes of at least 4 members (excludes halogenated alkanes) is 4. The molecule has 2 fully saturated rings. The minimum absolute atomic E-state index is 0.0683. The number of hydrogen-bond acceptors (Lipinski definition) is 5. The van der Waals surface area contributed by atoms with E-state index in [0.717, 1.165) is 44.3 Å². The summed E-state index contributed by atoms with van der Waals surface area (Å²) in [5.74, 6) is -0.250. The molecule has 1 unspecified atom stereocenters. The Morgan fingerprint density at radius 1 is 1.03 bits per heavy atom. The molecule has 2 amide bonds.